The number of amides is 1. The number of carbonyl (C=O) groups excluding carboxylic acids is 1. The highest BCUT2D eigenvalue weighted by Gasteiger charge is 2.32. The first-order chi connectivity index (χ1) is 10.5. The topological polar surface area (TPSA) is 59.2 Å². The minimum atomic E-state index is 0. The maximum atomic E-state index is 12.9. The number of pyridine rings is 1. The number of hydrogen-bond donors (Lipinski definition) is 1. The van der Waals surface area contributed by atoms with Gasteiger partial charge in [-0.2, -0.15) is 0 Å². The molecule has 1 fully saturated rings. The lowest BCUT2D eigenvalue weighted by molar-refractivity contribution is 0.0742. The van der Waals surface area contributed by atoms with E-state index < -0.39 is 0 Å². The fraction of sp³-hybridized carbons (Fsp3) is 0.444. The number of benzene rings is 1. The zero-order valence-electron chi connectivity index (χ0n) is 14.3. The van der Waals surface area contributed by atoms with Crippen LogP contribution in [0.4, 0.5) is 0 Å². The predicted octanol–water partition coefficient (Wildman–Crippen LogP) is 3.50. The summed E-state index contributed by atoms with van der Waals surface area (Å²) in [6.45, 7) is 7.45. The van der Waals surface area contributed by atoms with Crippen molar-refractivity contribution in [2.24, 2.45) is 11.7 Å². The average Bonchev–Trinajstić information content (AvgIpc) is 2.87. The quantitative estimate of drug-likeness (QED) is 0.880. The van der Waals surface area contributed by atoms with E-state index in [2.05, 4.69) is 24.9 Å². The summed E-state index contributed by atoms with van der Waals surface area (Å²) < 4.78 is 0. The van der Waals surface area contributed by atoms with E-state index in [0.717, 1.165) is 29.6 Å². The number of likely N-dealkylation sites (tertiary alicyclic amines) is 1. The third-order valence-electron chi connectivity index (χ3n) is 4.65. The first kappa shape index (κ1) is 20.7. The number of nitrogens with zero attached hydrogens (tertiary/aromatic N) is 2. The van der Waals surface area contributed by atoms with Gasteiger partial charge in [0.05, 0.1) is 16.8 Å². The average molecular weight is 370 g/mol. The number of nitrogens with two attached hydrogens (primary N) is 1. The first-order valence-corrected chi connectivity index (χ1v) is 7.88. The molecule has 2 heterocycles. The number of fused-ring (bicyclic) bond motifs is 1. The monoisotopic (exact) mass is 369 g/mol. The second-order valence-corrected chi connectivity index (χ2v) is 6.46. The highest BCUT2D eigenvalue weighted by molar-refractivity contribution is 5.99. The number of carbonyl (C=O) groups is 1. The van der Waals surface area contributed by atoms with Crippen LogP contribution >= 0.6 is 24.8 Å². The van der Waals surface area contributed by atoms with Gasteiger partial charge in [-0.25, -0.2) is 0 Å². The summed E-state index contributed by atoms with van der Waals surface area (Å²) in [6, 6.07) is 8.36. The standard InChI is InChI=1S/C18H23N3O.2ClH/c1-11-4-5-17-15(6-11)8-16(13(3)20-17)18(22)21-10-14(9-19)7-12(21)2;;/h4-6,8,12,14H,7,9-10,19H2,1-3H3;2*1H. The van der Waals surface area contributed by atoms with Crippen LogP contribution in [-0.4, -0.2) is 34.9 Å². The maximum absolute atomic E-state index is 12.9. The largest absolute Gasteiger partial charge is 0.336 e. The van der Waals surface area contributed by atoms with Crippen molar-refractivity contribution in [2.45, 2.75) is 33.2 Å². The Bertz CT molecular complexity index is 736. The normalized spacial score (nSPS) is 19.8. The molecule has 1 amide bonds. The zero-order chi connectivity index (χ0) is 15.9. The molecule has 0 radical (unpaired) electrons. The van der Waals surface area contributed by atoms with E-state index >= 15 is 0 Å². The Morgan fingerprint density at radius 2 is 2.00 bits per heavy atom. The Labute approximate surface area is 155 Å². The smallest absolute Gasteiger partial charge is 0.255 e. The van der Waals surface area contributed by atoms with Crippen molar-refractivity contribution >= 4 is 41.6 Å². The molecule has 1 aromatic heterocycles. The van der Waals surface area contributed by atoms with E-state index in [1.807, 2.05) is 30.0 Å². The van der Waals surface area contributed by atoms with Crippen molar-refractivity contribution < 1.29 is 4.79 Å². The Hall–Kier alpha value is -1.36. The van der Waals surface area contributed by atoms with Crippen LogP contribution in [0.15, 0.2) is 24.3 Å². The first-order valence-electron chi connectivity index (χ1n) is 7.88. The summed E-state index contributed by atoms with van der Waals surface area (Å²) >= 11 is 0. The molecule has 2 N–H and O–H groups in total. The summed E-state index contributed by atoms with van der Waals surface area (Å²) in [7, 11) is 0. The molecule has 1 aliphatic rings. The molecule has 1 aliphatic heterocycles. The Kier molecular flexibility index (Phi) is 7.02. The van der Waals surface area contributed by atoms with Crippen LogP contribution in [0.2, 0.25) is 0 Å². The fourth-order valence-corrected chi connectivity index (χ4v) is 3.36. The van der Waals surface area contributed by atoms with Crippen molar-refractivity contribution in [1.29, 1.82) is 0 Å². The van der Waals surface area contributed by atoms with Gasteiger partial charge < -0.3 is 10.6 Å². The highest BCUT2D eigenvalue weighted by atomic mass is 35.5. The lowest BCUT2D eigenvalue weighted by Crippen LogP contribution is -2.35. The molecular weight excluding hydrogens is 345 g/mol. The van der Waals surface area contributed by atoms with Gasteiger partial charge in [-0.3, -0.25) is 9.78 Å². The zero-order valence-corrected chi connectivity index (χ0v) is 15.9. The van der Waals surface area contributed by atoms with Crippen molar-refractivity contribution in [3.8, 4) is 0 Å². The Balaban J connectivity index is 0.00000144. The molecule has 2 atom stereocenters. The molecule has 1 saturated heterocycles. The van der Waals surface area contributed by atoms with Gasteiger partial charge in [0.2, 0.25) is 0 Å². The minimum Gasteiger partial charge on any atom is -0.336 e. The van der Waals surface area contributed by atoms with E-state index in [0.29, 0.717) is 18.0 Å². The van der Waals surface area contributed by atoms with E-state index in [4.69, 9.17) is 5.73 Å². The van der Waals surface area contributed by atoms with Gasteiger partial charge in [0.15, 0.2) is 0 Å². The third kappa shape index (κ3) is 3.82. The second-order valence-electron chi connectivity index (χ2n) is 6.46. The van der Waals surface area contributed by atoms with E-state index in [1.165, 1.54) is 5.56 Å². The molecule has 3 rings (SSSR count). The van der Waals surface area contributed by atoms with Gasteiger partial charge in [-0.05, 0) is 57.9 Å². The van der Waals surface area contributed by atoms with Crippen LogP contribution in [0.25, 0.3) is 10.9 Å². The van der Waals surface area contributed by atoms with E-state index in [9.17, 15) is 4.79 Å². The number of aromatic nitrogens is 1. The number of rotatable bonds is 2. The van der Waals surface area contributed by atoms with Crippen molar-refractivity contribution in [2.75, 3.05) is 13.1 Å². The molecule has 6 heteroatoms. The molecular formula is C18H25Cl2N3O. The fourth-order valence-electron chi connectivity index (χ4n) is 3.36. The molecule has 1 aromatic carbocycles. The summed E-state index contributed by atoms with van der Waals surface area (Å²) in [5.74, 6) is 0.492. The van der Waals surface area contributed by atoms with Crippen LogP contribution in [0.5, 0.6) is 0 Å². The molecule has 2 aromatic rings. The molecule has 0 aliphatic carbocycles. The Morgan fingerprint density at radius 1 is 1.29 bits per heavy atom. The van der Waals surface area contributed by atoms with Crippen LogP contribution in [0, 0.1) is 19.8 Å². The van der Waals surface area contributed by atoms with Gasteiger partial charge >= 0.3 is 0 Å². The van der Waals surface area contributed by atoms with Crippen molar-refractivity contribution in [1.82, 2.24) is 9.88 Å². The van der Waals surface area contributed by atoms with E-state index in [1.54, 1.807) is 0 Å². The molecule has 0 bridgehead atoms. The summed E-state index contributed by atoms with van der Waals surface area (Å²) in [4.78, 5) is 19.5. The molecule has 4 nitrogen and oxygen atoms in total. The third-order valence-corrected chi connectivity index (χ3v) is 4.65. The summed E-state index contributed by atoms with van der Waals surface area (Å²) in [5, 5.41) is 1.02. The van der Waals surface area contributed by atoms with Crippen molar-refractivity contribution in [3.63, 3.8) is 0 Å². The van der Waals surface area contributed by atoms with Gasteiger partial charge in [-0.1, -0.05) is 11.6 Å². The van der Waals surface area contributed by atoms with Gasteiger partial charge in [-0.15, -0.1) is 24.8 Å². The molecule has 0 spiro atoms. The van der Waals surface area contributed by atoms with Gasteiger partial charge in [0.1, 0.15) is 0 Å². The summed E-state index contributed by atoms with van der Waals surface area (Å²) in [5.41, 5.74) is 9.39. The van der Waals surface area contributed by atoms with Crippen LogP contribution < -0.4 is 5.73 Å². The molecule has 24 heavy (non-hydrogen) atoms. The molecule has 0 saturated carbocycles. The van der Waals surface area contributed by atoms with Crippen LogP contribution in [-0.2, 0) is 0 Å². The highest BCUT2D eigenvalue weighted by Crippen LogP contribution is 2.26. The minimum absolute atomic E-state index is 0. The van der Waals surface area contributed by atoms with Crippen molar-refractivity contribution in [3.05, 3.63) is 41.1 Å². The number of aryl methyl sites for hydroxylation is 2. The lowest BCUT2D eigenvalue weighted by Gasteiger charge is -2.22. The van der Waals surface area contributed by atoms with E-state index in [-0.39, 0.29) is 36.8 Å². The molecule has 2 unspecified atom stereocenters. The lowest BCUT2D eigenvalue weighted by atomic mass is 10.1. The second kappa shape index (κ2) is 8.15. The van der Waals surface area contributed by atoms with Gasteiger partial charge in [0, 0.05) is 18.0 Å². The Morgan fingerprint density at radius 3 is 2.62 bits per heavy atom. The predicted molar refractivity (Wildman–Crippen MR) is 103 cm³/mol. The van der Waals surface area contributed by atoms with Gasteiger partial charge in [0.25, 0.3) is 5.91 Å². The molecule has 132 valence electrons. The summed E-state index contributed by atoms with van der Waals surface area (Å²) in [6.07, 6.45) is 0.988. The number of halogens is 2. The maximum Gasteiger partial charge on any atom is 0.255 e. The SMILES string of the molecule is Cc1ccc2nc(C)c(C(=O)N3CC(CN)CC3C)cc2c1.Cl.Cl. The number of hydrogen-bond acceptors (Lipinski definition) is 3. The van der Waals surface area contributed by atoms with Crippen LogP contribution in [0.1, 0.15) is 35.0 Å². The van der Waals surface area contributed by atoms with Crippen LogP contribution in [0.3, 0.4) is 0 Å².